The summed E-state index contributed by atoms with van der Waals surface area (Å²) in [5.74, 6) is -0.0664. The molecule has 0 aliphatic heterocycles. The van der Waals surface area contributed by atoms with Gasteiger partial charge in [-0.05, 0) is 42.4 Å². The second-order valence-corrected chi connectivity index (χ2v) is 7.47. The van der Waals surface area contributed by atoms with Gasteiger partial charge in [0.1, 0.15) is 0 Å². The quantitative estimate of drug-likeness (QED) is 0.602. The summed E-state index contributed by atoms with van der Waals surface area (Å²) in [7, 11) is 0. The second-order valence-electron chi connectivity index (χ2n) is 7.47. The first-order chi connectivity index (χ1) is 8.72. The van der Waals surface area contributed by atoms with Gasteiger partial charge in [-0.2, -0.15) is 0 Å². The molecule has 2 rings (SSSR count). The number of hydrogen-bond donors (Lipinski definition) is 4. The summed E-state index contributed by atoms with van der Waals surface area (Å²) in [5, 5.41) is 40.2. The third-order valence-electron chi connectivity index (χ3n) is 6.28. The van der Waals surface area contributed by atoms with E-state index < -0.39 is 5.60 Å². The molecule has 0 spiro atoms. The molecule has 2 aliphatic rings. The van der Waals surface area contributed by atoms with Crippen molar-refractivity contribution in [3.8, 4) is 0 Å². The van der Waals surface area contributed by atoms with Crippen LogP contribution in [-0.2, 0) is 0 Å². The van der Waals surface area contributed by atoms with Crippen LogP contribution in [0.15, 0.2) is 0 Å². The lowest BCUT2D eigenvalue weighted by atomic mass is 9.45. The molecule has 2 saturated carbocycles. The molecule has 0 bridgehead atoms. The first-order valence-corrected chi connectivity index (χ1v) is 7.34. The maximum atomic E-state index is 10.6. The Kier molecular flexibility index (Phi) is 3.76. The molecule has 4 N–H and O–H groups in total. The predicted molar refractivity (Wildman–Crippen MR) is 72.5 cm³/mol. The first kappa shape index (κ1) is 15.2. The third kappa shape index (κ3) is 2.04. The van der Waals surface area contributed by atoms with Gasteiger partial charge in [0.05, 0.1) is 18.3 Å². The maximum Gasteiger partial charge on any atom is 0.0932 e. The van der Waals surface area contributed by atoms with E-state index >= 15 is 0 Å². The minimum absolute atomic E-state index is 0.115. The topological polar surface area (TPSA) is 80.9 Å². The lowest BCUT2D eigenvalue weighted by Gasteiger charge is -2.62. The molecule has 0 saturated heterocycles. The molecule has 0 aromatic carbocycles. The zero-order valence-electron chi connectivity index (χ0n) is 12.3. The van der Waals surface area contributed by atoms with E-state index in [1.807, 2.05) is 0 Å². The highest BCUT2D eigenvalue weighted by Gasteiger charge is 2.61. The van der Waals surface area contributed by atoms with Gasteiger partial charge in [-0.15, -0.1) is 0 Å². The fourth-order valence-corrected chi connectivity index (χ4v) is 4.94. The van der Waals surface area contributed by atoms with E-state index in [2.05, 4.69) is 20.8 Å². The predicted octanol–water partition coefficient (Wildman–Crippen LogP) is 0.915. The van der Waals surface area contributed by atoms with Crippen molar-refractivity contribution in [3.63, 3.8) is 0 Å². The van der Waals surface area contributed by atoms with Crippen LogP contribution in [-0.4, -0.2) is 45.3 Å². The first-order valence-electron chi connectivity index (χ1n) is 7.34. The number of aliphatic hydroxyl groups is 4. The van der Waals surface area contributed by atoms with E-state index in [-0.39, 0.29) is 42.0 Å². The molecule has 0 aromatic rings. The van der Waals surface area contributed by atoms with Crippen molar-refractivity contribution in [2.45, 2.75) is 58.2 Å². The average Bonchev–Trinajstić information content (AvgIpc) is 2.34. The zero-order chi connectivity index (χ0) is 14.5. The van der Waals surface area contributed by atoms with Gasteiger partial charge >= 0.3 is 0 Å². The molecule has 2 aliphatic carbocycles. The largest absolute Gasteiger partial charge is 0.396 e. The monoisotopic (exact) mass is 272 g/mol. The Morgan fingerprint density at radius 1 is 1.05 bits per heavy atom. The van der Waals surface area contributed by atoms with Crippen LogP contribution < -0.4 is 0 Å². The van der Waals surface area contributed by atoms with Gasteiger partial charge in [0.2, 0.25) is 0 Å². The Labute approximate surface area is 115 Å². The molecule has 0 amide bonds. The molecular formula is C15H28O4. The minimum Gasteiger partial charge on any atom is -0.396 e. The molecule has 5 atom stereocenters. The standard InChI is InChI=1S/C15H28O4/c1-13(2)10-4-7-15(19,9-17)11(8-16)14(10,3)6-5-12(13)18/h10-12,16-19H,4-9H2,1-3H3/t10-,11+,12-,14-,15-/m0/s1. The Morgan fingerprint density at radius 3 is 2.21 bits per heavy atom. The molecule has 4 nitrogen and oxygen atoms in total. The fraction of sp³-hybridized carbons (Fsp3) is 1.00. The van der Waals surface area contributed by atoms with Crippen molar-refractivity contribution in [1.82, 2.24) is 0 Å². The minimum atomic E-state index is -1.18. The SMILES string of the molecule is CC1(C)[C@@H](O)CC[C@@]2(C)[C@H]1CC[C@](O)(CO)[C@@H]2CO. The Bertz CT molecular complexity index is 334. The van der Waals surface area contributed by atoms with E-state index in [0.29, 0.717) is 12.8 Å². The highest BCUT2D eigenvalue weighted by molar-refractivity contribution is 5.10. The Morgan fingerprint density at radius 2 is 1.68 bits per heavy atom. The Balaban J connectivity index is 2.40. The second kappa shape index (κ2) is 4.69. The zero-order valence-corrected chi connectivity index (χ0v) is 12.3. The number of rotatable bonds is 2. The molecule has 2 fully saturated rings. The van der Waals surface area contributed by atoms with Crippen LogP contribution in [0.5, 0.6) is 0 Å². The van der Waals surface area contributed by atoms with Crippen LogP contribution in [0.4, 0.5) is 0 Å². The number of hydrogen-bond acceptors (Lipinski definition) is 4. The molecular weight excluding hydrogens is 244 g/mol. The summed E-state index contributed by atoms with van der Waals surface area (Å²) in [5.41, 5.74) is -1.62. The van der Waals surface area contributed by atoms with Gasteiger partial charge < -0.3 is 20.4 Å². The lowest BCUT2D eigenvalue weighted by molar-refractivity contribution is -0.218. The molecule has 0 heterocycles. The van der Waals surface area contributed by atoms with Gasteiger partial charge in [0.15, 0.2) is 0 Å². The normalized spacial score (nSPS) is 49.7. The summed E-state index contributed by atoms with van der Waals surface area (Å²) in [6.45, 7) is 5.85. The smallest absolute Gasteiger partial charge is 0.0932 e. The summed E-state index contributed by atoms with van der Waals surface area (Å²) < 4.78 is 0. The van der Waals surface area contributed by atoms with Gasteiger partial charge in [-0.25, -0.2) is 0 Å². The molecule has 0 radical (unpaired) electrons. The summed E-state index contributed by atoms with van der Waals surface area (Å²) in [6.07, 6.45) is 2.43. The van der Waals surface area contributed by atoms with Gasteiger partial charge in [-0.1, -0.05) is 20.8 Å². The van der Waals surface area contributed by atoms with Crippen LogP contribution in [0, 0.1) is 22.7 Å². The van der Waals surface area contributed by atoms with Crippen molar-refractivity contribution in [3.05, 3.63) is 0 Å². The van der Waals surface area contributed by atoms with Gasteiger partial charge in [0.25, 0.3) is 0 Å². The molecule has 112 valence electrons. The van der Waals surface area contributed by atoms with Crippen molar-refractivity contribution < 1.29 is 20.4 Å². The van der Waals surface area contributed by atoms with Crippen molar-refractivity contribution >= 4 is 0 Å². The molecule has 0 unspecified atom stereocenters. The van der Waals surface area contributed by atoms with E-state index in [0.717, 1.165) is 12.8 Å². The summed E-state index contributed by atoms with van der Waals surface area (Å²) in [4.78, 5) is 0. The molecule has 4 heteroatoms. The van der Waals surface area contributed by atoms with Crippen molar-refractivity contribution in [2.24, 2.45) is 22.7 Å². The van der Waals surface area contributed by atoms with E-state index in [4.69, 9.17) is 0 Å². The Hall–Kier alpha value is -0.160. The lowest BCUT2D eigenvalue weighted by Crippen LogP contribution is -2.63. The van der Waals surface area contributed by atoms with Crippen LogP contribution in [0.25, 0.3) is 0 Å². The average molecular weight is 272 g/mol. The van der Waals surface area contributed by atoms with E-state index in [9.17, 15) is 20.4 Å². The maximum absolute atomic E-state index is 10.6. The van der Waals surface area contributed by atoms with Gasteiger partial charge in [0, 0.05) is 12.5 Å². The molecule has 19 heavy (non-hydrogen) atoms. The van der Waals surface area contributed by atoms with Gasteiger partial charge in [-0.3, -0.25) is 0 Å². The summed E-state index contributed by atoms with van der Waals surface area (Å²) in [6, 6.07) is 0. The van der Waals surface area contributed by atoms with Crippen LogP contribution in [0.3, 0.4) is 0 Å². The van der Waals surface area contributed by atoms with Crippen LogP contribution >= 0.6 is 0 Å². The van der Waals surface area contributed by atoms with E-state index in [1.54, 1.807) is 0 Å². The highest BCUT2D eigenvalue weighted by atomic mass is 16.3. The van der Waals surface area contributed by atoms with Crippen molar-refractivity contribution in [1.29, 1.82) is 0 Å². The van der Waals surface area contributed by atoms with Crippen molar-refractivity contribution in [2.75, 3.05) is 13.2 Å². The molecule has 0 aromatic heterocycles. The summed E-state index contributed by atoms with van der Waals surface area (Å²) >= 11 is 0. The third-order valence-corrected chi connectivity index (χ3v) is 6.28. The highest BCUT2D eigenvalue weighted by Crippen LogP contribution is 2.61. The number of fused-ring (bicyclic) bond motifs is 1. The fourth-order valence-electron chi connectivity index (χ4n) is 4.94. The van der Waals surface area contributed by atoms with Crippen LogP contribution in [0.1, 0.15) is 46.5 Å². The van der Waals surface area contributed by atoms with E-state index in [1.165, 1.54) is 0 Å². The number of aliphatic hydroxyl groups excluding tert-OH is 3. The van der Waals surface area contributed by atoms with Crippen LogP contribution in [0.2, 0.25) is 0 Å².